The van der Waals surface area contributed by atoms with Crippen LogP contribution in [0.2, 0.25) is 5.02 Å². The van der Waals surface area contributed by atoms with Crippen LogP contribution in [0.1, 0.15) is 37.4 Å². The fourth-order valence-corrected chi connectivity index (χ4v) is 4.96. The highest BCUT2D eigenvalue weighted by molar-refractivity contribution is 7.92. The number of rotatable bonds is 6. The first kappa shape index (κ1) is 24.3. The van der Waals surface area contributed by atoms with Crippen molar-refractivity contribution in [1.82, 2.24) is 0 Å². The van der Waals surface area contributed by atoms with Crippen LogP contribution >= 0.6 is 11.6 Å². The van der Waals surface area contributed by atoms with Gasteiger partial charge in [0.2, 0.25) is 0 Å². The third-order valence-corrected chi connectivity index (χ3v) is 6.81. The van der Waals surface area contributed by atoms with Gasteiger partial charge in [0, 0.05) is 16.9 Å². The monoisotopic (exact) mass is 486 g/mol. The lowest BCUT2D eigenvalue weighted by Gasteiger charge is -2.14. The molecule has 0 atom stereocenters. The minimum atomic E-state index is -4.06. The normalized spacial score (nSPS) is 11.1. The zero-order chi connectivity index (χ0) is 24.3. The number of anilines is 2. The molecule has 172 valence electrons. The highest BCUT2D eigenvalue weighted by Crippen LogP contribution is 2.27. The molecule has 1 amide bonds. The van der Waals surface area contributed by atoms with Gasteiger partial charge in [-0.2, -0.15) is 0 Å². The number of aryl methyl sites for hydroxylation is 2. The maximum absolute atomic E-state index is 13.0. The van der Waals surface area contributed by atoms with E-state index in [1.54, 1.807) is 37.3 Å². The van der Waals surface area contributed by atoms with E-state index in [4.69, 9.17) is 16.3 Å². The van der Waals surface area contributed by atoms with E-state index in [1.807, 2.05) is 19.9 Å². The van der Waals surface area contributed by atoms with Crippen LogP contribution in [-0.2, 0) is 14.8 Å². The number of amides is 1. The molecule has 0 aromatic heterocycles. The van der Waals surface area contributed by atoms with Crippen LogP contribution in [0.5, 0.6) is 0 Å². The van der Waals surface area contributed by atoms with Gasteiger partial charge in [-0.1, -0.05) is 23.7 Å². The molecule has 0 unspecified atom stereocenters. The lowest BCUT2D eigenvalue weighted by Crippen LogP contribution is -2.17. The number of nitrogens with one attached hydrogen (secondary N) is 2. The predicted molar refractivity (Wildman–Crippen MR) is 129 cm³/mol. The number of hydrogen-bond donors (Lipinski definition) is 2. The van der Waals surface area contributed by atoms with Crippen molar-refractivity contribution in [3.8, 4) is 0 Å². The molecule has 2 N–H and O–H groups in total. The van der Waals surface area contributed by atoms with E-state index in [0.29, 0.717) is 22.5 Å². The van der Waals surface area contributed by atoms with Gasteiger partial charge in [-0.15, -0.1) is 0 Å². The molecule has 0 aliphatic carbocycles. The maximum atomic E-state index is 13.0. The van der Waals surface area contributed by atoms with E-state index < -0.39 is 21.9 Å². The molecular formula is C24H23ClN2O5S. The van der Waals surface area contributed by atoms with Crippen LogP contribution in [0.4, 0.5) is 11.4 Å². The Kier molecular flexibility index (Phi) is 7.09. The van der Waals surface area contributed by atoms with Gasteiger partial charge in [0.05, 0.1) is 17.7 Å². The first-order valence-electron chi connectivity index (χ1n) is 9.92. The van der Waals surface area contributed by atoms with Gasteiger partial charge in [0.1, 0.15) is 4.90 Å². The summed E-state index contributed by atoms with van der Waals surface area (Å²) in [4.78, 5) is 24.5. The molecule has 9 heteroatoms. The first-order valence-corrected chi connectivity index (χ1v) is 11.8. The molecule has 0 aliphatic heterocycles. The van der Waals surface area contributed by atoms with Crippen molar-refractivity contribution in [2.45, 2.75) is 25.7 Å². The van der Waals surface area contributed by atoms with Gasteiger partial charge in [0.25, 0.3) is 15.9 Å². The Morgan fingerprint density at radius 2 is 1.61 bits per heavy atom. The van der Waals surface area contributed by atoms with E-state index in [1.165, 1.54) is 25.3 Å². The Morgan fingerprint density at radius 3 is 2.24 bits per heavy atom. The first-order chi connectivity index (χ1) is 15.5. The molecule has 0 radical (unpaired) electrons. The molecule has 0 saturated carbocycles. The largest absolute Gasteiger partial charge is 0.465 e. The van der Waals surface area contributed by atoms with E-state index in [-0.39, 0.29) is 15.5 Å². The molecule has 33 heavy (non-hydrogen) atoms. The number of benzene rings is 3. The summed E-state index contributed by atoms with van der Waals surface area (Å²) >= 11 is 6.17. The van der Waals surface area contributed by atoms with Crippen LogP contribution in [0, 0.1) is 20.8 Å². The van der Waals surface area contributed by atoms with Gasteiger partial charge >= 0.3 is 5.97 Å². The zero-order valence-corrected chi connectivity index (χ0v) is 20.1. The Morgan fingerprint density at radius 1 is 0.939 bits per heavy atom. The standard InChI is InChI=1S/C24H23ClN2O5S/c1-14-10-15(2)12-18(11-14)27-33(30,31)22-13-17(8-9-20(22)25)23(28)26-21-7-5-6-19(16(21)3)24(29)32-4/h5-13,27H,1-4H3,(H,26,28). The second-order valence-corrected chi connectivity index (χ2v) is 9.61. The summed E-state index contributed by atoms with van der Waals surface area (Å²) in [6.45, 7) is 5.40. The number of carbonyl (C=O) groups excluding carboxylic acids is 2. The summed E-state index contributed by atoms with van der Waals surface area (Å²) in [6.07, 6.45) is 0. The van der Waals surface area contributed by atoms with Crippen molar-refractivity contribution >= 4 is 44.9 Å². The van der Waals surface area contributed by atoms with Crippen LogP contribution in [0.15, 0.2) is 59.5 Å². The molecule has 0 saturated heterocycles. The molecule has 0 spiro atoms. The summed E-state index contributed by atoms with van der Waals surface area (Å²) in [5.74, 6) is -1.08. The quantitative estimate of drug-likeness (QED) is 0.472. The predicted octanol–water partition coefficient (Wildman–Crippen LogP) is 5.10. The summed E-state index contributed by atoms with van der Waals surface area (Å²) in [6, 6.07) is 14.1. The molecular weight excluding hydrogens is 464 g/mol. The smallest absolute Gasteiger partial charge is 0.338 e. The molecule has 3 aromatic carbocycles. The van der Waals surface area contributed by atoms with Crippen molar-refractivity contribution in [2.75, 3.05) is 17.1 Å². The van der Waals surface area contributed by atoms with Gasteiger partial charge in [-0.05, 0) is 79.9 Å². The van der Waals surface area contributed by atoms with Crippen molar-refractivity contribution < 1.29 is 22.7 Å². The Balaban J connectivity index is 1.91. The second-order valence-electron chi connectivity index (χ2n) is 7.55. The highest BCUT2D eigenvalue weighted by Gasteiger charge is 2.21. The minimum absolute atomic E-state index is 0.0210. The third kappa shape index (κ3) is 5.53. The maximum Gasteiger partial charge on any atom is 0.338 e. The van der Waals surface area contributed by atoms with E-state index >= 15 is 0 Å². The van der Waals surface area contributed by atoms with Gasteiger partial charge in [-0.25, -0.2) is 13.2 Å². The number of hydrogen-bond acceptors (Lipinski definition) is 5. The molecule has 0 fully saturated rings. The number of halogens is 1. The van der Waals surface area contributed by atoms with E-state index in [0.717, 1.165) is 11.1 Å². The van der Waals surface area contributed by atoms with Crippen molar-refractivity contribution in [3.63, 3.8) is 0 Å². The Hall–Kier alpha value is -3.36. The topological polar surface area (TPSA) is 102 Å². The Bertz CT molecular complexity index is 1330. The van der Waals surface area contributed by atoms with E-state index in [9.17, 15) is 18.0 Å². The summed E-state index contributed by atoms with van der Waals surface area (Å²) in [7, 11) is -2.79. The molecule has 0 aliphatic rings. The molecule has 3 aromatic rings. The molecule has 3 rings (SSSR count). The van der Waals surface area contributed by atoms with E-state index in [2.05, 4.69) is 10.0 Å². The SMILES string of the molecule is COC(=O)c1cccc(NC(=O)c2ccc(Cl)c(S(=O)(=O)Nc3cc(C)cc(C)c3)c2)c1C. The molecule has 7 nitrogen and oxygen atoms in total. The van der Waals surface area contributed by atoms with Crippen molar-refractivity contribution in [3.05, 3.63) is 87.4 Å². The minimum Gasteiger partial charge on any atom is -0.465 e. The van der Waals surface area contributed by atoms with Crippen molar-refractivity contribution in [2.24, 2.45) is 0 Å². The van der Waals surface area contributed by atoms with Gasteiger partial charge in [-0.3, -0.25) is 9.52 Å². The van der Waals surface area contributed by atoms with Crippen LogP contribution in [0.3, 0.4) is 0 Å². The summed E-state index contributed by atoms with van der Waals surface area (Å²) < 4.78 is 33.3. The summed E-state index contributed by atoms with van der Waals surface area (Å²) in [5, 5.41) is 2.68. The van der Waals surface area contributed by atoms with Crippen LogP contribution < -0.4 is 10.0 Å². The fourth-order valence-electron chi connectivity index (χ4n) is 3.39. The lowest BCUT2D eigenvalue weighted by molar-refractivity contribution is 0.0599. The van der Waals surface area contributed by atoms with Gasteiger partial charge < -0.3 is 10.1 Å². The van der Waals surface area contributed by atoms with Crippen molar-refractivity contribution in [1.29, 1.82) is 0 Å². The third-order valence-electron chi connectivity index (χ3n) is 4.94. The lowest BCUT2D eigenvalue weighted by atomic mass is 10.1. The van der Waals surface area contributed by atoms with Gasteiger partial charge in [0.15, 0.2) is 0 Å². The number of methoxy groups -OCH3 is 1. The van der Waals surface area contributed by atoms with Crippen LogP contribution in [-0.4, -0.2) is 27.4 Å². The molecule has 0 bridgehead atoms. The average molecular weight is 487 g/mol. The average Bonchev–Trinajstić information content (AvgIpc) is 2.73. The number of sulfonamides is 1. The number of esters is 1. The highest BCUT2D eigenvalue weighted by atomic mass is 35.5. The second kappa shape index (κ2) is 9.64. The number of carbonyl (C=O) groups is 2. The van der Waals surface area contributed by atoms with Crippen LogP contribution in [0.25, 0.3) is 0 Å². The fraction of sp³-hybridized carbons (Fsp3) is 0.167. The number of ether oxygens (including phenoxy) is 1. The summed E-state index contributed by atoms with van der Waals surface area (Å²) in [5.41, 5.74) is 3.52. The Labute approximate surface area is 197 Å². The molecule has 0 heterocycles. The zero-order valence-electron chi connectivity index (χ0n) is 18.5.